The highest BCUT2D eigenvalue weighted by Crippen LogP contribution is 2.46. The van der Waals surface area contributed by atoms with E-state index in [9.17, 15) is 24.2 Å². The molecule has 0 aromatic heterocycles. The van der Waals surface area contributed by atoms with Crippen molar-refractivity contribution in [3.8, 4) is 0 Å². The molecule has 0 bridgehead atoms. The highest BCUT2D eigenvalue weighted by molar-refractivity contribution is 7.58. The van der Waals surface area contributed by atoms with Gasteiger partial charge < -0.3 is 24.8 Å². The second-order valence-corrected chi connectivity index (χ2v) is 9.21. The zero-order chi connectivity index (χ0) is 19.0. The van der Waals surface area contributed by atoms with Crippen molar-refractivity contribution in [3.63, 3.8) is 0 Å². The van der Waals surface area contributed by atoms with Crippen LogP contribution in [0.25, 0.3) is 0 Å². The van der Waals surface area contributed by atoms with Gasteiger partial charge in [0.25, 0.3) is 0 Å². The molecular formula is C15H30NO7P. The van der Waals surface area contributed by atoms with Crippen LogP contribution in [0.2, 0.25) is 0 Å². The molecule has 0 aromatic carbocycles. The van der Waals surface area contributed by atoms with Gasteiger partial charge in [-0.15, -0.1) is 0 Å². The molecule has 8 nitrogen and oxygen atoms in total. The maximum absolute atomic E-state index is 11.8. The van der Waals surface area contributed by atoms with E-state index in [0.717, 1.165) is 6.42 Å². The van der Waals surface area contributed by atoms with Crippen LogP contribution in [0.5, 0.6) is 0 Å². The van der Waals surface area contributed by atoms with Gasteiger partial charge in [0.05, 0.1) is 5.41 Å². The van der Waals surface area contributed by atoms with Gasteiger partial charge in [0.2, 0.25) is 13.7 Å². The van der Waals surface area contributed by atoms with Gasteiger partial charge in [0.15, 0.2) is 0 Å². The van der Waals surface area contributed by atoms with Crippen LogP contribution in [0.1, 0.15) is 53.9 Å². The molecule has 0 rings (SSSR count). The van der Waals surface area contributed by atoms with Crippen LogP contribution in [-0.4, -0.2) is 46.9 Å². The average molecular weight is 367 g/mol. The Morgan fingerprint density at radius 2 is 1.83 bits per heavy atom. The second-order valence-electron chi connectivity index (χ2n) is 6.66. The molecule has 142 valence electrons. The van der Waals surface area contributed by atoms with Crippen molar-refractivity contribution in [2.75, 3.05) is 12.7 Å². The van der Waals surface area contributed by atoms with Gasteiger partial charge in [-0.1, -0.05) is 13.3 Å². The summed E-state index contributed by atoms with van der Waals surface area (Å²) in [5.41, 5.74) is -0.709. The monoisotopic (exact) mass is 367 g/mol. The summed E-state index contributed by atoms with van der Waals surface area (Å²) in [7, 11) is -3.63. The fourth-order valence-electron chi connectivity index (χ4n) is 1.58. The van der Waals surface area contributed by atoms with E-state index in [1.54, 1.807) is 20.8 Å². The normalized spacial score (nSPS) is 16.6. The van der Waals surface area contributed by atoms with E-state index in [1.165, 1.54) is 6.92 Å². The molecule has 0 aromatic rings. The number of hydrogen-bond acceptors (Lipinski definition) is 6. The summed E-state index contributed by atoms with van der Waals surface area (Å²) in [5, 5.41) is 12.1. The first-order valence-corrected chi connectivity index (χ1v) is 9.96. The minimum absolute atomic E-state index is 0.0311. The van der Waals surface area contributed by atoms with Crippen molar-refractivity contribution in [3.05, 3.63) is 0 Å². The van der Waals surface area contributed by atoms with E-state index >= 15 is 0 Å². The van der Waals surface area contributed by atoms with Gasteiger partial charge >= 0.3 is 12.1 Å². The van der Waals surface area contributed by atoms with E-state index < -0.39 is 37.0 Å². The largest absolute Gasteiger partial charge is 0.425 e. The Balaban J connectivity index is 4.14. The maximum atomic E-state index is 11.8. The Bertz CT molecular complexity index is 461. The lowest BCUT2D eigenvalue weighted by Gasteiger charge is -2.21. The zero-order valence-electron chi connectivity index (χ0n) is 15.1. The Hall–Kier alpha value is -1.11. The summed E-state index contributed by atoms with van der Waals surface area (Å²) in [6.07, 6.45) is -0.602. The lowest BCUT2D eigenvalue weighted by atomic mass is 9.97. The standard InChI is InChI=1S/C15H30NO7P/c1-6-7-10-24(20,21)12(17)8-9-16-14(19)23-11(2)22-13(18)15(3,4)5/h11-12,17H,6-10H2,1-5H3,(H,16,19)(H,20,21)/t11-,12-/m0/s1. The number of ether oxygens (including phenoxy) is 2. The Morgan fingerprint density at radius 3 is 2.33 bits per heavy atom. The molecular weight excluding hydrogens is 337 g/mol. The number of aliphatic hydroxyl groups is 1. The van der Waals surface area contributed by atoms with Crippen molar-refractivity contribution in [2.24, 2.45) is 5.41 Å². The second kappa shape index (κ2) is 10.0. The third kappa shape index (κ3) is 9.25. The van der Waals surface area contributed by atoms with Crippen molar-refractivity contribution in [2.45, 2.75) is 66.0 Å². The molecule has 1 unspecified atom stereocenters. The lowest BCUT2D eigenvalue weighted by Crippen LogP contribution is -2.34. The third-order valence-electron chi connectivity index (χ3n) is 3.13. The number of carbonyl (C=O) groups excluding carboxylic acids is 2. The number of aliphatic hydroxyl groups excluding tert-OH is 1. The summed E-state index contributed by atoms with van der Waals surface area (Å²) in [5.74, 6) is -1.89. The van der Waals surface area contributed by atoms with Gasteiger partial charge in [0.1, 0.15) is 5.85 Å². The third-order valence-corrected chi connectivity index (χ3v) is 5.27. The molecule has 0 aliphatic carbocycles. The molecule has 0 radical (unpaired) electrons. The minimum atomic E-state index is -3.63. The number of esters is 1. The fourth-order valence-corrected chi connectivity index (χ4v) is 3.18. The molecule has 0 saturated heterocycles. The number of carbonyl (C=O) groups is 2. The molecule has 0 aliphatic rings. The fraction of sp³-hybridized carbons (Fsp3) is 0.867. The quantitative estimate of drug-likeness (QED) is 0.325. The summed E-state index contributed by atoms with van der Waals surface area (Å²) < 4.78 is 21.6. The van der Waals surface area contributed by atoms with Gasteiger partial charge in [-0.25, -0.2) is 4.79 Å². The highest BCUT2D eigenvalue weighted by atomic mass is 31.2. The first-order valence-electron chi connectivity index (χ1n) is 8.05. The van der Waals surface area contributed by atoms with Gasteiger partial charge in [-0.2, -0.15) is 0 Å². The first kappa shape index (κ1) is 22.9. The Labute approximate surface area is 143 Å². The molecule has 1 amide bonds. The number of amides is 1. The first-order chi connectivity index (χ1) is 10.9. The predicted molar refractivity (Wildman–Crippen MR) is 89.7 cm³/mol. The molecule has 3 atom stereocenters. The van der Waals surface area contributed by atoms with Crippen molar-refractivity contribution < 1.29 is 33.6 Å². The number of alkyl carbamates (subject to hydrolysis) is 1. The average Bonchev–Trinajstić information content (AvgIpc) is 2.43. The highest BCUT2D eigenvalue weighted by Gasteiger charge is 2.28. The zero-order valence-corrected chi connectivity index (χ0v) is 16.0. The smallest absolute Gasteiger partial charge is 0.410 e. The molecule has 0 fully saturated rings. The van der Waals surface area contributed by atoms with Crippen LogP contribution in [-0.2, 0) is 18.8 Å². The predicted octanol–water partition coefficient (Wildman–Crippen LogP) is 2.43. The molecule has 9 heteroatoms. The summed E-state index contributed by atoms with van der Waals surface area (Å²) >= 11 is 0. The van der Waals surface area contributed by atoms with Crippen molar-refractivity contribution >= 4 is 19.4 Å². The van der Waals surface area contributed by atoms with Crippen molar-refractivity contribution in [1.82, 2.24) is 5.32 Å². The Kier molecular flexibility index (Phi) is 9.55. The van der Waals surface area contributed by atoms with Crippen LogP contribution in [0.15, 0.2) is 0 Å². The number of nitrogens with one attached hydrogen (secondary N) is 1. The molecule has 0 saturated carbocycles. The van der Waals surface area contributed by atoms with Crippen molar-refractivity contribution in [1.29, 1.82) is 0 Å². The molecule has 0 aliphatic heterocycles. The molecule has 0 heterocycles. The molecule has 3 N–H and O–H groups in total. The van der Waals surface area contributed by atoms with Gasteiger partial charge in [-0.05, 0) is 27.2 Å². The van der Waals surface area contributed by atoms with E-state index in [0.29, 0.717) is 6.42 Å². The molecule has 24 heavy (non-hydrogen) atoms. The van der Waals surface area contributed by atoms with E-state index in [1.807, 2.05) is 6.92 Å². The van der Waals surface area contributed by atoms with Gasteiger partial charge in [-0.3, -0.25) is 9.36 Å². The van der Waals surface area contributed by atoms with E-state index in [2.05, 4.69) is 5.32 Å². The van der Waals surface area contributed by atoms with Crippen LogP contribution in [0.3, 0.4) is 0 Å². The maximum Gasteiger partial charge on any atom is 0.410 e. The SMILES string of the molecule is CCCCP(=O)(O)[C@H](O)CCNC(=O)O[C@@H](C)OC(=O)C(C)(C)C. The van der Waals surface area contributed by atoms with E-state index in [4.69, 9.17) is 9.47 Å². The minimum Gasteiger partial charge on any atom is -0.425 e. The number of rotatable bonds is 9. The number of hydrogen-bond donors (Lipinski definition) is 3. The summed E-state index contributed by atoms with van der Waals surface area (Å²) in [6.45, 7) is 8.29. The lowest BCUT2D eigenvalue weighted by molar-refractivity contribution is -0.174. The van der Waals surface area contributed by atoms with E-state index in [-0.39, 0.29) is 19.1 Å². The van der Waals surface area contributed by atoms with Crippen LogP contribution < -0.4 is 5.32 Å². The van der Waals surface area contributed by atoms with Gasteiger partial charge in [0, 0.05) is 26.1 Å². The topological polar surface area (TPSA) is 122 Å². The molecule has 0 spiro atoms. The van der Waals surface area contributed by atoms with Crippen LogP contribution in [0, 0.1) is 5.41 Å². The Morgan fingerprint density at radius 1 is 1.25 bits per heavy atom. The van der Waals surface area contributed by atoms with Crippen LogP contribution in [0.4, 0.5) is 4.79 Å². The van der Waals surface area contributed by atoms with Crippen LogP contribution >= 0.6 is 7.37 Å². The summed E-state index contributed by atoms with van der Waals surface area (Å²) in [6, 6.07) is 0. The summed E-state index contributed by atoms with van der Waals surface area (Å²) in [4.78, 5) is 32.9. The number of unbranched alkanes of at least 4 members (excludes halogenated alkanes) is 1.